The van der Waals surface area contributed by atoms with Crippen molar-refractivity contribution in [2.24, 2.45) is 5.73 Å². The fourth-order valence-electron chi connectivity index (χ4n) is 1.17. The van der Waals surface area contributed by atoms with E-state index in [0.29, 0.717) is 18.0 Å². The third-order valence-corrected chi connectivity index (χ3v) is 1.81. The highest BCUT2D eigenvalue weighted by Crippen LogP contribution is 2.25. The predicted molar refractivity (Wildman–Crippen MR) is 55.2 cm³/mol. The van der Waals surface area contributed by atoms with Crippen LogP contribution in [-0.2, 0) is 11.3 Å². The van der Waals surface area contributed by atoms with Gasteiger partial charge >= 0.3 is 0 Å². The highest BCUT2D eigenvalue weighted by atomic mass is 16.5. The van der Waals surface area contributed by atoms with E-state index in [-0.39, 0.29) is 5.91 Å². The van der Waals surface area contributed by atoms with Crippen molar-refractivity contribution in [2.45, 2.75) is 13.5 Å². The Kier molecular flexibility index (Phi) is 3.48. The lowest BCUT2D eigenvalue weighted by molar-refractivity contribution is -0.114. The molecule has 14 heavy (non-hydrogen) atoms. The molecule has 0 aromatic heterocycles. The molecule has 3 N–H and O–H groups in total. The summed E-state index contributed by atoms with van der Waals surface area (Å²) in [5.74, 6) is 0.509. The molecule has 0 saturated heterocycles. The van der Waals surface area contributed by atoms with E-state index in [9.17, 15) is 4.79 Å². The Hall–Kier alpha value is -1.55. The van der Waals surface area contributed by atoms with E-state index in [0.717, 1.165) is 5.56 Å². The van der Waals surface area contributed by atoms with Gasteiger partial charge in [-0.1, -0.05) is 6.07 Å². The van der Waals surface area contributed by atoms with Crippen molar-refractivity contribution >= 4 is 11.6 Å². The van der Waals surface area contributed by atoms with Gasteiger partial charge in [0, 0.05) is 13.5 Å². The van der Waals surface area contributed by atoms with Crippen LogP contribution in [0.15, 0.2) is 18.2 Å². The van der Waals surface area contributed by atoms with E-state index in [1.54, 1.807) is 19.2 Å². The SMILES string of the molecule is COc1ccc(CN)cc1NC(C)=O. The summed E-state index contributed by atoms with van der Waals surface area (Å²) in [7, 11) is 1.56. The smallest absolute Gasteiger partial charge is 0.221 e. The highest BCUT2D eigenvalue weighted by molar-refractivity contribution is 5.90. The lowest BCUT2D eigenvalue weighted by Gasteiger charge is -2.09. The lowest BCUT2D eigenvalue weighted by Crippen LogP contribution is -2.08. The first-order valence-electron chi connectivity index (χ1n) is 4.32. The van der Waals surface area contributed by atoms with Crippen LogP contribution in [-0.4, -0.2) is 13.0 Å². The summed E-state index contributed by atoms with van der Waals surface area (Å²) in [5.41, 5.74) is 7.10. The molecule has 1 amide bonds. The van der Waals surface area contributed by atoms with E-state index in [1.807, 2.05) is 6.07 Å². The van der Waals surface area contributed by atoms with E-state index in [1.165, 1.54) is 6.92 Å². The topological polar surface area (TPSA) is 64.3 Å². The van der Waals surface area contributed by atoms with Gasteiger partial charge in [0.2, 0.25) is 5.91 Å². The van der Waals surface area contributed by atoms with Crippen LogP contribution in [0.2, 0.25) is 0 Å². The highest BCUT2D eigenvalue weighted by Gasteiger charge is 2.04. The quantitative estimate of drug-likeness (QED) is 0.757. The normalized spacial score (nSPS) is 9.64. The fraction of sp³-hybridized carbons (Fsp3) is 0.300. The zero-order valence-corrected chi connectivity index (χ0v) is 8.33. The largest absolute Gasteiger partial charge is 0.495 e. The van der Waals surface area contributed by atoms with Gasteiger partial charge in [-0.25, -0.2) is 0 Å². The molecule has 1 aromatic carbocycles. The lowest BCUT2D eigenvalue weighted by atomic mass is 10.2. The molecule has 0 radical (unpaired) electrons. The molecule has 76 valence electrons. The monoisotopic (exact) mass is 194 g/mol. The van der Waals surface area contributed by atoms with Crippen LogP contribution in [0, 0.1) is 0 Å². The van der Waals surface area contributed by atoms with Crippen LogP contribution in [0.25, 0.3) is 0 Å². The third-order valence-electron chi connectivity index (χ3n) is 1.81. The molecule has 0 bridgehead atoms. The molecule has 0 spiro atoms. The molecule has 0 aliphatic heterocycles. The van der Waals surface area contributed by atoms with Gasteiger partial charge in [0.05, 0.1) is 12.8 Å². The maximum atomic E-state index is 10.9. The molecule has 1 rings (SSSR count). The number of hydrogen-bond donors (Lipinski definition) is 2. The zero-order valence-electron chi connectivity index (χ0n) is 8.33. The standard InChI is InChI=1S/C10H14N2O2/c1-7(13)12-9-5-8(6-11)3-4-10(9)14-2/h3-5H,6,11H2,1-2H3,(H,12,13). The molecule has 4 nitrogen and oxygen atoms in total. The van der Waals surface area contributed by atoms with Gasteiger partial charge in [0.15, 0.2) is 0 Å². The second-order valence-corrected chi connectivity index (χ2v) is 2.92. The molecular formula is C10H14N2O2. The number of amides is 1. The van der Waals surface area contributed by atoms with Crippen molar-refractivity contribution in [3.05, 3.63) is 23.8 Å². The summed E-state index contributed by atoms with van der Waals surface area (Å²) >= 11 is 0. The molecule has 0 saturated carbocycles. The van der Waals surface area contributed by atoms with Crippen molar-refractivity contribution < 1.29 is 9.53 Å². The van der Waals surface area contributed by atoms with Crippen LogP contribution >= 0.6 is 0 Å². The summed E-state index contributed by atoms with van der Waals surface area (Å²) in [6.07, 6.45) is 0. The van der Waals surface area contributed by atoms with E-state index < -0.39 is 0 Å². The van der Waals surface area contributed by atoms with Gasteiger partial charge in [-0.15, -0.1) is 0 Å². The molecular weight excluding hydrogens is 180 g/mol. The molecule has 0 heterocycles. The Morgan fingerprint density at radius 3 is 2.79 bits per heavy atom. The second-order valence-electron chi connectivity index (χ2n) is 2.92. The van der Waals surface area contributed by atoms with Gasteiger partial charge in [0.25, 0.3) is 0 Å². The minimum atomic E-state index is -0.127. The Labute approximate surface area is 83.1 Å². The van der Waals surface area contributed by atoms with Crippen LogP contribution < -0.4 is 15.8 Å². The van der Waals surface area contributed by atoms with Crippen molar-refractivity contribution in [3.63, 3.8) is 0 Å². The first-order valence-corrected chi connectivity index (χ1v) is 4.32. The van der Waals surface area contributed by atoms with Gasteiger partial charge in [-0.05, 0) is 17.7 Å². The van der Waals surface area contributed by atoms with Crippen LogP contribution in [0.5, 0.6) is 5.75 Å². The number of carbonyl (C=O) groups excluding carboxylic acids is 1. The average Bonchev–Trinajstić information content (AvgIpc) is 2.16. The van der Waals surface area contributed by atoms with E-state index in [4.69, 9.17) is 10.5 Å². The van der Waals surface area contributed by atoms with Crippen molar-refractivity contribution in [2.75, 3.05) is 12.4 Å². The van der Waals surface area contributed by atoms with Gasteiger partial charge in [0.1, 0.15) is 5.75 Å². The number of carbonyl (C=O) groups is 1. The first kappa shape index (κ1) is 10.5. The van der Waals surface area contributed by atoms with Crippen molar-refractivity contribution in [1.82, 2.24) is 0 Å². The maximum absolute atomic E-state index is 10.9. The zero-order chi connectivity index (χ0) is 10.6. The number of ether oxygens (including phenoxy) is 1. The molecule has 0 atom stereocenters. The molecule has 0 aliphatic carbocycles. The molecule has 4 heteroatoms. The molecule has 0 unspecified atom stereocenters. The molecule has 1 aromatic rings. The molecule has 0 fully saturated rings. The fourth-order valence-corrected chi connectivity index (χ4v) is 1.17. The number of hydrogen-bond acceptors (Lipinski definition) is 3. The average molecular weight is 194 g/mol. The van der Waals surface area contributed by atoms with Crippen molar-refractivity contribution in [1.29, 1.82) is 0 Å². The summed E-state index contributed by atoms with van der Waals surface area (Å²) in [4.78, 5) is 10.9. The van der Waals surface area contributed by atoms with Gasteiger partial charge in [-0.2, -0.15) is 0 Å². The number of methoxy groups -OCH3 is 1. The summed E-state index contributed by atoms with van der Waals surface area (Å²) in [5, 5.41) is 2.68. The summed E-state index contributed by atoms with van der Waals surface area (Å²) in [6, 6.07) is 5.46. The minimum Gasteiger partial charge on any atom is -0.495 e. The predicted octanol–water partition coefficient (Wildman–Crippen LogP) is 1.11. The Morgan fingerprint density at radius 2 is 2.29 bits per heavy atom. The maximum Gasteiger partial charge on any atom is 0.221 e. The third kappa shape index (κ3) is 2.47. The number of rotatable bonds is 3. The van der Waals surface area contributed by atoms with Gasteiger partial charge < -0.3 is 15.8 Å². The van der Waals surface area contributed by atoms with Crippen LogP contribution in [0.3, 0.4) is 0 Å². The van der Waals surface area contributed by atoms with Crippen LogP contribution in [0.1, 0.15) is 12.5 Å². The van der Waals surface area contributed by atoms with E-state index >= 15 is 0 Å². The number of benzene rings is 1. The van der Waals surface area contributed by atoms with Crippen molar-refractivity contribution in [3.8, 4) is 5.75 Å². The number of nitrogens with one attached hydrogen (secondary N) is 1. The molecule has 0 aliphatic rings. The second kappa shape index (κ2) is 4.62. The Bertz CT molecular complexity index is 337. The Morgan fingerprint density at radius 1 is 1.57 bits per heavy atom. The van der Waals surface area contributed by atoms with Gasteiger partial charge in [-0.3, -0.25) is 4.79 Å². The van der Waals surface area contributed by atoms with E-state index in [2.05, 4.69) is 5.32 Å². The summed E-state index contributed by atoms with van der Waals surface area (Å²) in [6.45, 7) is 1.89. The number of nitrogens with two attached hydrogens (primary N) is 1. The minimum absolute atomic E-state index is 0.127. The summed E-state index contributed by atoms with van der Waals surface area (Å²) < 4.78 is 5.09. The number of anilines is 1. The Balaban J connectivity index is 3.01. The first-order chi connectivity index (χ1) is 6.67. The van der Waals surface area contributed by atoms with Crippen LogP contribution in [0.4, 0.5) is 5.69 Å².